The molecule has 0 saturated heterocycles. The molecule has 1 heterocycles. The summed E-state index contributed by atoms with van der Waals surface area (Å²) in [6.07, 6.45) is 0. The van der Waals surface area contributed by atoms with Crippen LogP contribution in [0.25, 0.3) is 16.6 Å². The molecule has 106 valence electrons. The van der Waals surface area contributed by atoms with Crippen molar-refractivity contribution in [1.29, 1.82) is 0 Å². The Morgan fingerprint density at radius 2 is 2.00 bits per heavy atom. The van der Waals surface area contributed by atoms with Crippen LogP contribution in [-0.4, -0.2) is 9.55 Å². The number of rotatable bonds is 2. The molecule has 0 spiro atoms. The fourth-order valence-corrected chi connectivity index (χ4v) is 2.69. The van der Waals surface area contributed by atoms with Gasteiger partial charge in [0.05, 0.1) is 21.6 Å². The summed E-state index contributed by atoms with van der Waals surface area (Å²) in [7, 11) is 0. The van der Waals surface area contributed by atoms with Crippen LogP contribution in [-0.2, 0) is 0 Å². The zero-order valence-corrected chi connectivity index (χ0v) is 13.0. The van der Waals surface area contributed by atoms with Crippen LogP contribution in [0.15, 0.2) is 51.7 Å². The quantitative estimate of drug-likeness (QED) is 0.541. The number of nitrogen functional groups attached to an aromatic ring is 1. The number of hydrogen-bond acceptors (Lipinski definition) is 4. The van der Waals surface area contributed by atoms with Gasteiger partial charge in [-0.3, -0.25) is 10.2 Å². The molecule has 7 heteroatoms. The first-order valence-corrected chi connectivity index (χ1v) is 7.23. The van der Waals surface area contributed by atoms with Gasteiger partial charge in [0.15, 0.2) is 0 Å². The molecule has 0 aliphatic heterocycles. The first-order chi connectivity index (χ1) is 10.1. The highest BCUT2D eigenvalue weighted by atomic mass is 79.9. The molecule has 3 N–H and O–H groups in total. The molecule has 0 saturated carbocycles. The lowest BCUT2D eigenvalue weighted by Crippen LogP contribution is -2.26. The van der Waals surface area contributed by atoms with E-state index in [1.165, 1.54) is 4.57 Å². The molecular formula is C14H10BrClN4O. The maximum absolute atomic E-state index is 12.8. The van der Waals surface area contributed by atoms with Gasteiger partial charge in [-0.2, -0.15) is 0 Å². The number of hydrogen-bond donors (Lipinski definition) is 2. The second-order valence-corrected chi connectivity index (χ2v) is 5.66. The molecular weight excluding hydrogens is 356 g/mol. The summed E-state index contributed by atoms with van der Waals surface area (Å²) in [5.41, 5.74) is 3.28. The lowest BCUT2D eigenvalue weighted by atomic mass is 10.2. The van der Waals surface area contributed by atoms with E-state index in [2.05, 4.69) is 26.3 Å². The normalized spacial score (nSPS) is 10.8. The Hall–Kier alpha value is -1.89. The Kier molecular flexibility index (Phi) is 3.67. The van der Waals surface area contributed by atoms with E-state index in [0.29, 0.717) is 21.6 Å². The zero-order chi connectivity index (χ0) is 15.0. The fraction of sp³-hybridized carbons (Fsp3) is 0. The SMILES string of the molecule is NNc1nc2ccc(Br)cc2c(=O)n1-c1ccccc1Cl. The van der Waals surface area contributed by atoms with Gasteiger partial charge < -0.3 is 0 Å². The Morgan fingerprint density at radius 3 is 2.71 bits per heavy atom. The minimum absolute atomic E-state index is 0.225. The first-order valence-electron chi connectivity index (χ1n) is 6.05. The summed E-state index contributed by atoms with van der Waals surface area (Å²) in [6.45, 7) is 0. The van der Waals surface area contributed by atoms with E-state index in [-0.39, 0.29) is 11.5 Å². The van der Waals surface area contributed by atoms with Crippen molar-refractivity contribution < 1.29 is 0 Å². The van der Waals surface area contributed by atoms with E-state index in [0.717, 1.165) is 4.47 Å². The van der Waals surface area contributed by atoms with E-state index in [1.54, 1.807) is 36.4 Å². The monoisotopic (exact) mass is 364 g/mol. The van der Waals surface area contributed by atoms with Crippen LogP contribution in [0.4, 0.5) is 5.95 Å². The van der Waals surface area contributed by atoms with Crippen molar-refractivity contribution in [3.05, 3.63) is 62.3 Å². The van der Waals surface area contributed by atoms with Crippen LogP contribution >= 0.6 is 27.5 Å². The molecule has 21 heavy (non-hydrogen) atoms. The largest absolute Gasteiger partial charge is 0.293 e. The van der Waals surface area contributed by atoms with Crippen molar-refractivity contribution in [2.45, 2.75) is 0 Å². The summed E-state index contributed by atoms with van der Waals surface area (Å²) in [4.78, 5) is 17.1. The van der Waals surface area contributed by atoms with Gasteiger partial charge in [-0.25, -0.2) is 15.4 Å². The van der Waals surface area contributed by atoms with Gasteiger partial charge in [-0.15, -0.1) is 0 Å². The smallest absolute Gasteiger partial charge is 0.267 e. The number of benzene rings is 2. The van der Waals surface area contributed by atoms with Gasteiger partial charge in [0.25, 0.3) is 5.56 Å². The van der Waals surface area contributed by atoms with Crippen molar-refractivity contribution in [2.24, 2.45) is 5.84 Å². The summed E-state index contributed by atoms with van der Waals surface area (Å²) in [5, 5.41) is 0.913. The molecule has 0 radical (unpaired) electrons. The van der Waals surface area contributed by atoms with Gasteiger partial charge in [0, 0.05) is 4.47 Å². The number of para-hydroxylation sites is 1. The highest BCUT2D eigenvalue weighted by molar-refractivity contribution is 9.10. The van der Waals surface area contributed by atoms with Crippen LogP contribution in [0, 0.1) is 0 Å². The molecule has 0 aliphatic rings. The maximum Gasteiger partial charge on any atom is 0.267 e. The maximum atomic E-state index is 12.8. The van der Waals surface area contributed by atoms with Gasteiger partial charge >= 0.3 is 0 Å². The predicted octanol–water partition coefficient (Wildman–Crippen LogP) is 3.09. The van der Waals surface area contributed by atoms with Gasteiger partial charge in [0.2, 0.25) is 5.95 Å². The molecule has 3 aromatic rings. The summed E-state index contributed by atoms with van der Waals surface area (Å²) >= 11 is 9.53. The Morgan fingerprint density at radius 1 is 1.24 bits per heavy atom. The standard InChI is InChI=1S/C14H10BrClN4O/c15-8-5-6-11-9(7-8)13(21)20(14(18-11)19-17)12-4-2-1-3-10(12)16/h1-7H,17H2,(H,18,19). The second kappa shape index (κ2) is 5.48. The predicted molar refractivity (Wildman–Crippen MR) is 87.9 cm³/mol. The molecule has 0 fully saturated rings. The molecule has 3 rings (SSSR count). The molecule has 2 aromatic carbocycles. The van der Waals surface area contributed by atoms with E-state index < -0.39 is 0 Å². The molecule has 0 bridgehead atoms. The van der Waals surface area contributed by atoms with Crippen molar-refractivity contribution in [3.63, 3.8) is 0 Å². The van der Waals surface area contributed by atoms with E-state index >= 15 is 0 Å². The number of nitrogens with zero attached hydrogens (tertiary/aromatic N) is 2. The summed E-state index contributed by atoms with van der Waals surface area (Å²) in [5.74, 6) is 5.73. The molecule has 5 nitrogen and oxygen atoms in total. The first kappa shape index (κ1) is 14.1. The van der Waals surface area contributed by atoms with Crippen LogP contribution < -0.4 is 16.8 Å². The van der Waals surface area contributed by atoms with E-state index in [4.69, 9.17) is 17.4 Å². The number of hydrazine groups is 1. The van der Waals surface area contributed by atoms with Crippen LogP contribution in [0.1, 0.15) is 0 Å². The molecule has 1 aromatic heterocycles. The van der Waals surface area contributed by atoms with Gasteiger partial charge in [-0.05, 0) is 30.3 Å². The van der Waals surface area contributed by atoms with Crippen molar-refractivity contribution in [3.8, 4) is 5.69 Å². The van der Waals surface area contributed by atoms with Gasteiger partial charge in [0.1, 0.15) is 0 Å². The van der Waals surface area contributed by atoms with Crippen molar-refractivity contribution >= 4 is 44.4 Å². The highest BCUT2D eigenvalue weighted by Gasteiger charge is 2.14. The lowest BCUT2D eigenvalue weighted by Gasteiger charge is -2.13. The van der Waals surface area contributed by atoms with Crippen LogP contribution in [0.2, 0.25) is 5.02 Å². The topological polar surface area (TPSA) is 72.9 Å². The Bertz CT molecular complexity index is 894. The summed E-state index contributed by atoms with van der Waals surface area (Å²) < 4.78 is 2.16. The van der Waals surface area contributed by atoms with Crippen molar-refractivity contribution in [2.75, 3.05) is 5.43 Å². The number of nitrogens with one attached hydrogen (secondary N) is 1. The molecule has 0 aliphatic carbocycles. The number of halogens is 2. The average molecular weight is 366 g/mol. The number of aromatic nitrogens is 2. The fourth-order valence-electron chi connectivity index (χ4n) is 2.11. The third kappa shape index (κ3) is 2.42. The minimum atomic E-state index is -0.248. The average Bonchev–Trinajstić information content (AvgIpc) is 2.49. The minimum Gasteiger partial charge on any atom is -0.293 e. The molecule has 0 atom stereocenters. The van der Waals surface area contributed by atoms with Crippen LogP contribution in [0.3, 0.4) is 0 Å². The third-order valence-corrected chi connectivity index (χ3v) is 3.87. The second-order valence-electron chi connectivity index (χ2n) is 4.33. The molecule has 0 amide bonds. The number of anilines is 1. The molecule has 0 unspecified atom stereocenters. The van der Waals surface area contributed by atoms with E-state index in [1.807, 2.05) is 6.07 Å². The zero-order valence-electron chi connectivity index (χ0n) is 10.7. The lowest BCUT2D eigenvalue weighted by molar-refractivity contribution is 0.955. The Balaban J connectivity index is 2.44. The Labute approximate surface area is 133 Å². The van der Waals surface area contributed by atoms with Crippen LogP contribution in [0.5, 0.6) is 0 Å². The van der Waals surface area contributed by atoms with Gasteiger partial charge in [-0.1, -0.05) is 39.7 Å². The summed E-state index contributed by atoms with van der Waals surface area (Å²) in [6, 6.07) is 12.3. The number of fused-ring (bicyclic) bond motifs is 1. The highest BCUT2D eigenvalue weighted by Crippen LogP contribution is 2.23. The van der Waals surface area contributed by atoms with Crippen molar-refractivity contribution in [1.82, 2.24) is 9.55 Å². The van der Waals surface area contributed by atoms with E-state index in [9.17, 15) is 4.79 Å². The number of nitrogens with two attached hydrogens (primary N) is 1. The third-order valence-electron chi connectivity index (χ3n) is 3.05.